The van der Waals surface area contributed by atoms with Crippen molar-refractivity contribution in [3.05, 3.63) is 34.9 Å². The molecule has 0 radical (unpaired) electrons. The van der Waals surface area contributed by atoms with Crippen molar-refractivity contribution >= 4 is 0 Å². The molecule has 0 bridgehead atoms. The summed E-state index contributed by atoms with van der Waals surface area (Å²) < 4.78 is 33.4. The highest BCUT2D eigenvalue weighted by Crippen LogP contribution is 2.30. The van der Waals surface area contributed by atoms with E-state index in [9.17, 15) is 8.78 Å². The largest absolute Gasteiger partial charge is 0.378 e. The first-order valence-corrected chi connectivity index (χ1v) is 8.64. The Morgan fingerprint density at radius 1 is 1.17 bits per heavy atom. The lowest BCUT2D eigenvalue weighted by Crippen LogP contribution is -2.22. The van der Waals surface area contributed by atoms with E-state index in [1.165, 1.54) is 12.1 Å². The van der Waals surface area contributed by atoms with E-state index in [1.54, 1.807) is 6.07 Å². The first kappa shape index (κ1) is 17.9. The van der Waals surface area contributed by atoms with Crippen LogP contribution in [0.5, 0.6) is 0 Å². The molecular weight excluding hydrogens is 296 g/mol. The topological polar surface area (TPSA) is 33.0 Å². The smallest absolute Gasteiger partial charge is 0.176 e. The molecule has 1 saturated carbocycles. The van der Waals surface area contributed by atoms with Gasteiger partial charge in [-0.3, -0.25) is 0 Å². The van der Waals surface area contributed by atoms with E-state index in [0.29, 0.717) is 24.0 Å². The van der Waals surface area contributed by atoms with Gasteiger partial charge >= 0.3 is 0 Å². The third-order valence-electron chi connectivity index (χ3n) is 4.75. The summed E-state index contributed by atoms with van der Waals surface area (Å²) in [7, 11) is 0. The molecule has 0 heterocycles. The third kappa shape index (κ3) is 5.00. The van der Waals surface area contributed by atoms with E-state index in [4.69, 9.17) is 10.00 Å². The van der Waals surface area contributed by atoms with Crippen LogP contribution in [-0.2, 0) is 11.2 Å². The molecule has 0 atom stereocenters. The minimum absolute atomic E-state index is 0.226. The van der Waals surface area contributed by atoms with E-state index in [-0.39, 0.29) is 5.56 Å². The Hall–Kier alpha value is -1.47. The third-order valence-corrected chi connectivity index (χ3v) is 4.75. The average molecular weight is 321 g/mol. The highest BCUT2D eigenvalue weighted by Gasteiger charge is 2.22. The number of ether oxygens (including phenoxy) is 1. The number of hydrogen-bond donors (Lipinski definition) is 0. The van der Waals surface area contributed by atoms with Crippen LogP contribution in [0.3, 0.4) is 0 Å². The number of halogens is 2. The van der Waals surface area contributed by atoms with Gasteiger partial charge in [-0.2, -0.15) is 5.26 Å². The standard InChI is InChI=1S/C19H25F2NO/c1-2-3-12-23-17-10-5-14(6-11-17)4-7-15-8-9-16(13-22)19(21)18(15)20/h8-9,14,17H,2-7,10-12H2,1H3/t14-,17-. The molecule has 1 aromatic rings. The van der Waals surface area contributed by atoms with Gasteiger partial charge in [-0.05, 0) is 62.5 Å². The van der Waals surface area contributed by atoms with Crippen LogP contribution in [0.4, 0.5) is 8.78 Å². The molecule has 0 saturated heterocycles. The number of unbranched alkanes of at least 4 members (excludes halogenated alkanes) is 1. The minimum Gasteiger partial charge on any atom is -0.378 e. The van der Waals surface area contributed by atoms with Crippen LogP contribution in [0.15, 0.2) is 12.1 Å². The summed E-state index contributed by atoms with van der Waals surface area (Å²) in [5.74, 6) is -1.32. The highest BCUT2D eigenvalue weighted by molar-refractivity contribution is 5.34. The highest BCUT2D eigenvalue weighted by atomic mass is 19.2. The zero-order chi connectivity index (χ0) is 16.7. The number of rotatable bonds is 7. The maximum absolute atomic E-state index is 13.9. The minimum atomic E-state index is -1.02. The predicted molar refractivity (Wildman–Crippen MR) is 86.0 cm³/mol. The van der Waals surface area contributed by atoms with Gasteiger partial charge < -0.3 is 4.74 Å². The Labute approximate surface area is 137 Å². The summed E-state index contributed by atoms with van der Waals surface area (Å²) in [6, 6.07) is 4.57. The van der Waals surface area contributed by atoms with Gasteiger partial charge in [-0.15, -0.1) is 0 Å². The maximum Gasteiger partial charge on any atom is 0.176 e. The van der Waals surface area contributed by atoms with Gasteiger partial charge in [0.25, 0.3) is 0 Å². The lowest BCUT2D eigenvalue weighted by Gasteiger charge is -2.28. The summed E-state index contributed by atoms with van der Waals surface area (Å²) >= 11 is 0. The van der Waals surface area contributed by atoms with Crippen molar-refractivity contribution in [3.63, 3.8) is 0 Å². The zero-order valence-electron chi connectivity index (χ0n) is 13.8. The van der Waals surface area contributed by atoms with Gasteiger partial charge in [0.1, 0.15) is 6.07 Å². The van der Waals surface area contributed by atoms with Gasteiger partial charge in [-0.1, -0.05) is 19.4 Å². The van der Waals surface area contributed by atoms with Gasteiger partial charge in [0.15, 0.2) is 11.6 Å². The molecule has 2 rings (SSSR count). The molecule has 23 heavy (non-hydrogen) atoms. The van der Waals surface area contributed by atoms with Crippen molar-refractivity contribution < 1.29 is 13.5 Å². The number of nitrogens with zero attached hydrogens (tertiary/aromatic N) is 1. The van der Waals surface area contributed by atoms with Crippen molar-refractivity contribution in [1.82, 2.24) is 0 Å². The second-order valence-corrected chi connectivity index (χ2v) is 6.42. The molecule has 4 heteroatoms. The van der Waals surface area contributed by atoms with E-state index in [0.717, 1.165) is 51.6 Å². The van der Waals surface area contributed by atoms with Crippen LogP contribution in [-0.4, -0.2) is 12.7 Å². The molecular formula is C19H25F2NO. The molecule has 1 aliphatic carbocycles. The normalized spacial score (nSPS) is 21.1. The van der Waals surface area contributed by atoms with E-state index >= 15 is 0 Å². The Morgan fingerprint density at radius 3 is 2.57 bits per heavy atom. The average Bonchev–Trinajstić information content (AvgIpc) is 2.58. The summed E-state index contributed by atoms with van der Waals surface area (Å²) in [6.45, 7) is 3.01. The number of hydrogen-bond acceptors (Lipinski definition) is 2. The van der Waals surface area contributed by atoms with Crippen LogP contribution in [0.2, 0.25) is 0 Å². The zero-order valence-corrected chi connectivity index (χ0v) is 13.8. The van der Waals surface area contributed by atoms with Crippen molar-refractivity contribution in [2.75, 3.05) is 6.61 Å². The monoisotopic (exact) mass is 321 g/mol. The van der Waals surface area contributed by atoms with Crippen LogP contribution in [0, 0.1) is 28.9 Å². The lowest BCUT2D eigenvalue weighted by atomic mass is 9.83. The van der Waals surface area contributed by atoms with Crippen LogP contribution < -0.4 is 0 Å². The fraction of sp³-hybridized carbons (Fsp3) is 0.632. The van der Waals surface area contributed by atoms with Gasteiger partial charge in [0.05, 0.1) is 11.7 Å². The molecule has 1 aliphatic rings. The molecule has 0 unspecified atom stereocenters. The second kappa shape index (κ2) is 8.98. The summed E-state index contributed by atoms with van der Waals surface area (Å²) in [5, 5.41) is 8.70. The van der Waals surface area contributed by atoms with Crippen LogP contribution in [0.1, 0.15) is 63.0 Å². The Balaban J connectivity index is 1.78. The molecule has 0 aromatic heterocycles. The van der Waals surface area contributed by atoms with E-state index in [2.05, 4.69) is 6.92 Å². The lowest BCUT2D eigenvalue weighted by molar-refractivity contribution is 0.0159. The quantitative estimate of drug-likeness (QED) is 0.651. The van der Waals surface area contributed by atoms with Crippen LogP contribution in [0.25, 0.3) is 0 Å². The predicted octanol–water partition coefficient (Wildman–Crippen LogP) is 5.14. The molecule has 0 spiro atoms. The Kier molecular flexibility index (Phi) is 6.98. The van der Waals surface area contributed by atoms with E-state index < -0.39 is 11.6 Å². The second-order valence-electron chi connectivity index (χ2n) is 6.42. The summed E-state index contributed by atoms with van der Waals surface area (Å²) in [5.41, 5.74) is 0.152. The fourth-order valence-electron chi connectivity index (χ4n) is 3.21. The summed E-state index contributed by atoms with van der Waals surface area (Å²) in [4.78, 5) is 0. The Morgan fingerprint density at radius 2 is 1.91 bits per heavy atom. The molecule has 0 amide bonds. The summed E-state index contributed by atoms with van der Waals surface area (Å²) in [6.07, 6.45) is 8.36. The van der Waals surface area contributed by atoms with Gasteiger partial charge in [-0.25, -0.2) is 8.78 Å². The van der Waals surface area contributed by atoms with Crippen molar-refractivity contribution in [2.45, 2.75) is 64.4 Å². The number of aryl methyl sites for hydroxylation is 1. The Bertz CT molecular complexity index is 545. The van der Waals surface area contributed by atoms with Crippen LogP contribution >= 0.6 is 0 Å². The van der Waals surface area contributed by atoms with Crippen molar-refractivity contribution in [1.29, 1.82) is 5.26 Å². The molecule has 126 valence electrons. The molecule has 0 N–H and O–H groups in total. The van der Waals surface area contributed by atoms with Crippen molar-refractivity contribution in [2.24, 2.45) is 5.92 Å². The van der Waals surface area contributed by atoms with E-state index in [1.807, 2.05) is 0 Å². The molecule has 1 aromatic carbocycles. The molecule has 0 aliphatic heterocycles. The first-order chi connectivity index (χ1) is 11.2. The number of benzene rings is 1. The van der Waals surface area contributed by atoms with Crippen molar-refractivity contribution in [3.8, 4) is 6.07 Å². The molecule has 1 fully saturated rings. The van der Waals surface area contributed by atoms with Gasteiger partial charge in [0.2, 0.25) is 0 Å². The SMILES string of the molecule is CCCCO[C@H]1CC[C@H](CCc2ccc(C#N)c(F)c2F)CC1. The molecule has 2 nitrogen and oxygen atoms in total. The first-order valence-electron chi connectivity index (χ1n) is 8.64. The fourth-order valence-corrected chi connectivity index (χ4v) is 3.21. The number of nitriles is 1. The van der Waals surface area contributed by atoms with Gasteiger partial charge in [0, 0.05) is 6.61 Å². The maximum atomic E-state index is 13.9.